The van der Waals surface area contributed by atoms with Crippen LogP contribution in [0.2, 0.25) is 0 Å². The number of benzene rings is 1. The summed E-state index contributed by atoms with van der Waals surface area (Å²) in [4.78, 5) is 29.5. The first-order chi connectivity index (χ1) is 12.0. The maximum absolute atomic E-state index is 12.7. The van der Waals surface area contributed by atoms with E-state index in [4.69, 9.17) is 0 Å². The van der Waals surface area contributed by atoms with Gasteiger partial charge in [-0.05, 0) is 56.4 Å². The molecule has 1 aliphatic rings. The largest absolute Gasteiger partial charge is 0.334 e. The van der Waals surface area contributed by atoms with Crippen LogP contribution in [-0.4, -0.2) is 22.5 Å². The zero-order valence-corrected chi connectivity index (χ0v) is 15.1. The van der Waals surface area contributed by atoms with Crippen molar-refractivity contribution in [2.24, 2.45) is 0 Å². The van der Waals surface area contributed by atoms with Crippen molar-refractivity contribution in [3.05, 3.63) is 68.6 Å². The minimum atomic E-state index is -0.130. The van der Waals surface area contributed by atoms with E-state index in [9.17, 15) is 9.59 Å². The molecule has 0 spiro atoms. The molecule has 5 nitrogen and oxygen atoms in total. The van der Waals surface area contributed by atoms with Gasteiger partial charge in [-0.25, -0.2) is 4.79 Å². The van der Waals surface area contributed by atoms with Crippen LogP contribution in [-0.2, 0) is 6.54 Å². The molecule has 2 N–H and O–H groups in total. The van der Waals surface area contributed by atoms with Gasteiger partial charge in [0.2, 0.25) is 0 Å². The smallest absolute Gasteiger partial charge is 0.318 e. The van der Waals surface area contributed by atoms with Crippen molar-refractivity contribution in [3.63, 3.8) is 0 Å². The second-order valence-electron chi connectivity index (χ2n) is 6.81. The third kappa shape index (κ3) is 3.60. The van der Waals surface area contributed by atoms with Gasteiger partial charge in [0, 0.05) is 17.8 Å². The molecule has 1 aromatic heterocycles. The van der Waals surface area contributed by atoms with Crippen LogP contribution in [0.4, 0.5) is 4.79 Å². The predicted molar refractivity (Wildman–Crippen MR) is 98.6 cm³/mol. The van der Waals surface area contributed by atoms with E-state index in [2.05, 4.69) is 29.4 Å². The number of likely N-dealkylation sites (tertiary alicyclic amines) is 1. The SMILES string of the molecule is Cc1cc(C)c(CNC(=O)N2CCC[C@H]2c2ccccc2C)c(=O)[nH]1. The van der Waals surface area contributed by atoms with Gasteiger partial charge < -0.3 is 15.2 Å². The van der Waals surface area contributed by atoms with E-state index < -0.39 is 0 Å². The molecule has 5 heteroatoms. The molecule has 0 radical (unpaired) electrons. The molecule has 1 fully saturated rings. The maximum atomic E-state index is 12.7. The number of hydrogen-bond acceptors (Lipinski definition) is 2. The summed E-state index contributed by atoms with van der Waals surface area (Å²) in [6.45, 7) is 6.83. The number of pyridine rings is 1. The van der Waals surface area contributed by atoms with E-state index in [1.165, 1.54) is 11.1 Å². The van der Waals surface area contributed by atoms with Gasteiger partial charge in [0.25, 0.3) is 5.56 Å². The topological polar surface area (TPSA) is 65.2 Å². The quantitative estimate of drug-likeness (QED) is 0.901. The van der Waals surface area contributed by atoms with Crippen LogP contribution in [0.1, 0.15) is 46.8 Å². The van der Waals surface area contributed by atoms with Crippen LogP contribution >= 0.6 is 0 Å². The Morgan fingerprint density at radius 1 is 1.24 bits per heavy atom. The lowest BCUT2D eigenvalue weighted by molar-refractivity contribution is 0.192. The highest BCUT2D eigenvalue weighted by Crippen LogP contribution is 2.33. The molecule has 2 amide bonds. The van der Waals surface area contributed by atoms with Gasteiger partial charge in [-0.3, -0.25) is 4.79 Å². The lowest BCUT2D eigenvalue weighted by Gasteiger charge is -2.26. The zero-order chi connectivity index (χ0) is 18.0. The van der Waals surface area contributed by atoms with Crippen molar-refractivity contribution >= 4 is 6.03 Å². The summed E-state index contributed by atoms with van der Waals surface area (Å²) < 4.78 is 0. The zero-order valence-electron chi connectivity index (χ0n) is 15.1. The number of H-pyrrole nitrogens is 1. The highest BCUT2D eigenvalue weighted by Gasteiger charge is 2.30. The fourth-order valence-corrected chi connectivity index (χ4v) is 3.66. The van der Waals surface area contributed by atoms with Crippen molar-refractivity contribution in [2.75, 3.05) is 6.54 Å². The molecule has 132 valence electrons. The number of urea groups is 1. The summed E-state index contributed by atoms with van der Waals surface area (Å²) in [5, 5.41) is 2.93. The van der Waals surface area contributed by atoms with Crippen LogP contribution in [0.25, 0.3) is 0 Å². The Morgan fingerprint density at radius 2 is 2.00 bits per heavy atom. The van der Waals surface area contributed by atoms with Gasteiger partial charge in [0.15, 0.2) is 0 Å². The Labute approximate surface area is 148 Å². The molecule has 1 saturated heterocycles. The molecule has 1 aromatic carbocycles. The van der Waals surface area contributed by atoms with E-state index in [1.807, 2.05) is 36.9 Å². The molecule has 0 unspecified atom stereocenters. The number of aryl methyl sites for hydroxylation is 3. The minimum Gasteiger partial charge on any atom is -0.334 e. The monoisotopic (exact) mass is 339 g/mol. The first-order valence-electron chi connectivity index (χ1n) is 8.77. The molecular weight excluding hydrogens is 314 g/mol. The number of nitrogens with zero attached hydrogens (tertiary/aromatic N) is 1. The highest BCUT2D eigenvalue weighted by molar-refractivity contribution is 5.75. The lowest BCUT2D eigenvalue weighted by atomic mass is 9.99. The Hall–Kier alpha value is -2.56. The van der Waals surface area contributed by atoms with Crippen LogP contribution < -0.4 is 10.9 Å². The number of carbonyl (C=O) groups excluding carboxylic acids is 1. The average Bonchev–Trinajstić information content (AvgIpc) is 3.03. The first kappa shape index (κ1) is 17.3. The van der Waals surface area contributed by atoms with Crippen LogP contribution in [0.15, 0.2) is 35.1 Å². The molecule has 1 aliphatic heterocycles. The highest BCUT2D eigenvalue weighted by atomic mass is 16.2. The van der Waals surface area contributed by atoms with Gasteiger partial charge >= 0.3 is 6.03 Å². The summed E-state index contributed by atoms with van der Waals surface area (Å²) in [7, 11) is 0. The average molecular weight is 339 g/mol. The van der Waals surface area contributed by atoms with Gasteiger partial charge in [0.1, 0.15) is 0 Å². The van der Waals surface area contributed by atoms with Crippen molar-refractivity contribution in [1.29, 1.82) is 0 Å². The summed E-state index contributed by atoms with van der Waals surface area (Å²) in [6.07, 6.45) is 1.97. The van der Waals surface area contributed by atoms with Crippen molar-refractivity contribution in [3.8, 4) is 0 Å². The molecule has 2 heterocycles. The van der Waals surface area contributed by atoms with Crippen molar-refractivity contribution in [2.45, 2.75) is 46.2 Å². The minimum absolute atomic E-state index is 0.106. The van der Waals surface area contributed by atoms with Crippen LogP contribution in [0, 0.1) is 20.8 Å². The van der Waals surface area contributed by atoms with Gasteiger partial charge in [-0.2, -0.15) is 0 Å². The normalized spacial score (nSPS) is 16.9. The molecule has 1 atom stereocenters. The summed E-state index contributed by atoms with van der Waals surface area (Å²) in [6, 6.07) is 10.1. The number of hydrogen-bond donors (Lipinski definition) is 2. The molecule has 0 bridgehead atoms. The lowest BCUT2D eigenvalue weighted by Crippen LogP contribution is -2.40. The second kappa shape index (κ2) is 7.13. The van der Waals surface area contributed by atoms with Crippen molar-refractivity contribution < 1.29 is 4.79 Å². The number of nitrogens with one attached hydrogen (secondary N) is 2. The Balaban J connectivity index is 1.73. The van der Waals surface area contributed by atoms with E-state index in [0.717, 1.165) is 30.6 Å². The number of rotatable bonds is 3. The molecule has 0 aliphatic carbocycles. The number of aromatic amines is 1. The summed E-state index contributed by atoms with van der Waals surface area (Å²) in [5.41, 5.74) is 4.63. The van der Waals surface area contributed by atoms with E-state index in [0.29, 0.717) is 5.56 Å². The molecule has 3 rings (SSSR count). The number of aromatic nitrogens is 1. The van der Waals surface area contributed by atoms with E-state index in [-0.39, 0.29) is 24.2 Å². The van der Waals surface area contributed by atoms with Crippen LogP contribution in [0.5, 0.6) is 0 Å². The van der Waals surface area contributed by atoms with Crippen LogP contribution in [0.3, 0.4) is 0 Å². The summed E-state index contributed by atoms with van der Waals surface area (Å²) in [5.74, 6) is 0. The van der Waals surface area contributed by atoms with Gasteiger partial charge in [-0.15, -0.1) is 0 Å². The van der Waals surface area contributed by atoms with Gasteiger partial charge in [0.05, 0.1) is 12.6 Å². The third-order valence-corrected chi connectivity index (χ3v) is 4.97. The standard InChI is InChI=1S/C20H25N3O2/c1-13-7-4-5-8-16(13)18-9-6-10-23(18)20(25)21-12-17-14(2)11-15(3)22-19(17)24/h4-5,7-8,11,18H,6,9-10,12H2,1-3H3,(H,21,25)(H,22,24)/t18-/m0/s1. The number of amides is 2. The molecule has 2 aromatic rings. The summed E-state index contributed by atoms with van der Waals surface area (Å²) >= 11 is 0. The number of carbonyl (C=O) groups is 1. The Kier molecular flexibility index (Phi) is 4.93. The Bertz CT molecular complexity index is 841. The molecule has 25 heavy (non-hydrogen) atoms. The fourth-order valence-electron chi connectivity index (χ4n) is 3.66. The van der Waals surface area contributed by atoms with Gasteiger partial charge in [-0.1, -0.05) is 24.3 Å². The first-order valence-corrected chi connectivity index (χ1v) is 8.77. The van der Waals surface area contributed by atoms with E-state index >= 15 is 0 Å². The fraction of sp³-hybridized carbons (Fsp3) is 0.400. The molecular formula is C20H25N3O2. The van der Waals surface area contributed by atoms with E-state index in [1.54, 1.807) is 0 Å². The third-order valence-electron chi connectivity index (χ3n) is 4.97. The molecule has 0 saturated carbocycles. The maximum Gasteiger partial charge on any atom is 0.318 e. The Morgan fingerprint density at radius 3 is 2.72 bits per heavy atom. The van der Waals surface area contributed by atoms with Crippen molar-refractivity contribution in [1.82, 2.24) is 15.2 Å². The predicted octanol–water partition coefficient (Wildman–Crippen LogP) is 3.35. The second-order valence-corrected chi connectivity index (χ2v) is 6.81.